The second kappa shape index (κ2) is 3.87. The minimum Gasteiger partial charge on any atom is -0.378 e. The Bertz CT molecular complexity index is 327. The van der Waals surface area contributed by atoms with Gasteiger partial charge in [0, 0.05) is 11.7 Å². The molecule has 14 heavy (non-hydrogen) atoms. The zero-order valence-electron chi connectivity index (χ0n) is 8.88. The van der Waals surface area contributed by atoms with Crippen LogP contribution in [-0.2, 0) is 6.42 Å². The molecule has 0 bridgehead atoms. The summed E-state index contributed by atoms with van der Waals surface area (Å²) in [7, 11) is 0. The van der Waals surface area contributed by atoms with Crippen LogP contribution in [0.5, 0.6) is 0 Å². The van der Waals surface area contributed by atoms with E-state index in [-0.39, 0.29) is 0 Å². The predicted octanol–water partition coefficient (Wildman–Crippen LogP) is 3.38. The molecule has 1 heteroatoms. The van der Waals surface area contributed by atoms with Crippen LogP contribution in [0, 0.1) is 0 Å². The normalized spacial score (nSPS) is 20.4. The molecule has 0 fully saturated rings. The van der Waals surface area contributed by atoms with Gasteiger partial charge in [-0.1, -0.05) is 36.8 Å². The molecule has 1 atom stereocenters. The van der Waals surface area contributed by atoms with E-state index in [1.165, 1.54) is 16.8 Å². The Labute approximate surface area is 85.8 Å². The molecule has 0 aromatic heterocycles. The summed E-state index contributed by atoms with van der Waals surface area (Å²) < 4.78 is 0. The van der Waals surface area contributed by atoms with E-state index < -0.39 is 0 Å². The first-order chi connectivity index (χ1) is 6.79. The highest BCUT2D eigenvalue weighted by Crippen LogP contribution is 2.26. The number of hydrogen-bond donors (Lipinski definition) is 1. The number of para-hydroxylation sites is 1. The van der Waals surface area contributed by atoms with E-state index in [1.54, 1.807) is 0 Å². The van der Waals surface area contributed by atoms with Crippen molar-refractivity contribution >= 4 is 5.69 Å². The Kier molecular flexibility index (Phi) is 2.58. The molecule has 1 aliphatic rings. The van der Waals surface area contributed by atoms with Crippen molar-refractivity contribution in [3.8, 4) is 0 Å². The molecule has 1 nitrogen and oxygen atoms in total. The van der Waals surface area contributed by atoms with Gasteiger partial charge in [0.1, 0.15) is 0 Å². The molecule has 0 saturated heterocycles. The maximum absolute atomic E-state index is 3.52. The summed E-state index contributed by atoms with van der Waals surface area (Å²) in [4.78, 5) is 0. The third kappa shape index (κ3) is 1.82. The van der Waals surface area contributed by atoms with Crippen LogP contribution in [0.15, 0.2) is 35.9 Å². The quantitative estimate of drug-likeness (QED) is 0.700. The largest absolute Gasteiger partial charge is 0.378 e. The van der Waals surface area contributed by atoms with E-state index in [9.17, 15) is 0 Å². The van der Waals surface area contributed by atoms with Crippen molar-refractivity contribution in [2.45, 2.75) is 32.7 Å². The molecule has 1 aromatic rings. The fourth-order valence-electron chi connectivity index (χ4n) is 1.89. The Morgan fingerprint density at radius 2 is 2.29 bits per heavy atom. The highest BCUT2D eigenvalue weighted by molar-refractivity contribution is 5.57. The maximum atomic E-state index is 3.52. The molecule has 0 saturated carbocycles. The SMILES string of the molecule is CC/C(C)=C\[C@@H]1Cc2ccccc2N1. The second-order valence-corrected chi connectivity index (χ2v) is 3.98. The lowest BCUT2D eigenvalue weighted by Gasteiger charge is -2.06. The van der Waals surface area contributed by atoms with Gasteiger partial charge in [-0.2, -0.15) is 0 Å². The molecule has 0 unspecified atom stereocenters. The Morgan fingerprint density at radius 3 is 3.00 bits per heavy atom. The molecule has 74 valence electrons. The molecule has 1 N–H and O–H groups in total. The van der Waals surface area contributed by atoms with Gasteiger partial charge in [0.2, 0.25) is 0 Å². The van der Waals surface area contributed by atoms with E-state index in [0.717, 1.165) is 12.8 Å². The van der Waals surface area contributed by atoms with Gasteiger partial charge in [0.15, 0.2) is 0 Å². The number of hydrogen-bond acceptors (Lipinski definition) is 1. The first kappa shape index (κ1) is 9.32. The van der Waals surface area contributed by atoms with Gasteiger partial charge in [0.05, 0.1) is 0 Å². The van der Waals surface area contributed by atoms with Crippen molar-refractivity contribution in [2.24, 2.45) is 0 Å². The lowest BCUT2D eigenvalue weighted by atomic mass is 10.1. The average molecular weight is 187 g/mol. The first-order valence-corrected chi connectivity index (χ1v) is 5.31. The lowest BCUT2D eigenvalue weighted by Crippen LogP contribution is -2.12. The molecule has 2 rings (SSSR count). The number of nitrogens with one attached hydrogen (secondary N) is 1. The highest BCUT2D eigenvalue weighted by atomic mass is 14.9. The first-order valence-electron chi connectivity index (χ1n) is 5.31. The van der Waals surface area contributed by atoms with E-state index in [1.807, 2.05) is 0 Å². The van der Waals surface area contributed by atoms with Crippen molar-refractivity contribution < 1.29 is 0 Å². The predicted molar refractivity (Wildman–Crippen MR) is 61.6 cm³/mol. The van der Waals surface area contributed by atoms with Gasteiger partial charge in [-0.3, -0.25) is 0 Å². The summed E-state index contributed by atoms with van der Waals surface area (Å²) in [5.74, 6) is 0. The molecule has 0 amide bonds. The van der Waals surface area contributed by atoms with Crippen LogP contribution in [0.1, 0.15) is 25.8 Å². The Hall–Kier alpha value is -1.24. The molecule has 0 spiro atoms. The van der Waals surface area contributed by atoms with Crippen LogP contribution >= 0.6 is 0 Å². The summed E-state index contributed by atoms with van der Waals surface area (Å²) in [5, 5.41) is 3.52. The maximum Gasteiger partial charge on any atom is 0.0488 e. The van der Waals surface area contributed by atoms with E-state index in [4.69, 9.17) is 0 Å². The minimum atomic E-state index is 0.507. The van der Waals surface area contributed by atoms with Crippen LogP contribution in [-0.4, -0.2) is 6.04 Å². The van der Waals surface area contributed by atoms with E-state index in [2.05, 4.69) is 49.5 Å². The second-order valence-electron chi connectivity index (χ2n) is 3.98. The minimum absolute atomic E-state index is 0.507. The molecule has 1 aliphatic heterocycles. The van der Waals surface area contributed by atoms with Gasteiger partial charge in [0.25, 0.3) is 0 Å². The van der Waals surface area contributed by atoms with E-state index in [0.29, 0.717) is 6.04 Å². The van der Waals surface area contributed by atoms with Crippen LogP contribution in [0.4, 0.5) is 5.69 Å². The Balaban J connectivity index is 2.12. The molecule has 0 aliphatic carbocycles. The van der Waals surface area contributed by atoms with E-state index >= 15 is 0 Å². The molecular weight excluding hydrogens is 170 g/mol. The fourth-order valence-corrected chi connectivity index (χ4v) is 1.89. The zero-order valence-corrected chi connectivity index (χ0v) is 8.88. The summed E-state index contributed by atoms with van der Waals surface area (Å²) in [5.41, 5.74) is 4.21. The molecule has 1 heterocycles. The summed E-state index contributed by atoms with van der Waals surface area (Å²) in [6, 6.07) is 9.07. The van der Waals surface area contributed by atoms with Gasteiger partial charge in [-0.05, 0) is 31.4 Å². The van der Waals surface area contributed by atoms with Crippen molar-refractivity contribution in [3.63, 3.8) is 0 Å². The number of fused-ring (bicyclic) bond motifs is 1. The average Bonchev–Trinajstić information content (AvgIpc) is 2.59. The Morgan fingerprint density at radius 1 is 1.50 bits per heavy atom. The monoisotopic (exact) mass is 187 g/mol. The smallest absolute Gasteiger partial charge is 0.0488 e. The van der Waals surface area contributed by atoms with Crippen molar-refractivity contribution in [2.75, 3.05) is 5.32 Å². The third-order valence-electron chi connectivity index (χ3n) is 2.84. The summed E-state index contributed by atoms with van der Waals surface area (Å²) >= 11 is 0. The van der Waals surface area contributed by atoms with Gasteiger partial charge in [-0.15, -0.1) is 0 Å². The molecule has 0 radical (unpaired) electrons. The number of benzene rings is 1. The summed E-state index contributed by atoms with van der Waals surface area (Å²) in [6.45, 7) is 4.40. The van der Waals surface area contributed by atoms with Crippen molar-refractivity contribution in [1.82, 2.24) is 0 Å². The highest BCUT2D eigenvalue weighted by Gasteiger charge is 2.17. The van der Waals surface area contributed by atoms with Gasteiger partial charge in [-0.25, -0.2) is 0 Å². The number of allylic oxidation sites excluding steroid dienone is 1. The lowest BCUT2D eigenvalue weighted by molar-refractivity contribution is 0.900. The molecular formula is C13H17N. The van der Waals surface area contributed by atoms with Gasteiger partial charge < -0.3 is 5.32 Å². The zero-order chi connectivity index (χ0) is 9.97. The third-order valence-corrected chi connectivity index (χ3v) is 2.84. The summed E-state index contributed by atoms with van der Waals surface area (Å²) in [6.07, 6.45) is 4.63. The van der Waals surface area contributed by atoms with Crippen LogP contribution in [0.3, 0.4) is 0 Å². The standard InChI is InChI=1S/C13H17N/c1-3-10(2)8-12-9-11-6-4-5-7-13(11)14-12/h4-8,12,14H,3,9H2,1-2H3/b10-8-/t12-/m1/s1. The van der Waals surface area contributed by atoms with Crippen molar-refractivity contribution in [1.29, 1.82) is 0 Å². The number of rotatable bonds is 2. The molecule has 1 aromatic carbocycles. The van der Waals surface area contributed by atoms with Crippen LogP contribution in [0.2, 0.25) is 0 Å². The van der Waals surface area contributed by atoms with Crippen LogP contribution in [0.25, 0.3) is 0 Å². The van der Waals surface area contributed by atoms with Crippen molar-refractivity contribution in [3.05, 3.63) is 41.5 Å². The number of anilines is 1. The van der Waals surface area contributed by atoms with Gasteiger partial charge >= 0.3 is 0 Å². The fraction of sp³-hybridized carbons (Fsp3) is 0.385. The topological polar surface area (TPSA) is 12.0 Å². The van der Waals surface area contributed by atoms with Crippen LogP contribution < -0.4 is 5.32 Å².